The number of para-hydroxylation sites is 2. The molecule has 1 heterocycles. The lowest BCUT2D eigenvalue weighted by molar-refractivity contribution is -0.128. The van der Waals surface area contributed by atoms with Crippen LogP contribution < -0.4 is 16.4 Å². The molecule has 1 aliphatic rings. The minimum atomic E-state index is -0.437. The number of fused-ring (bicyclic) bond motifs is 1. The first-order valence-corrected chi connectivity index (χ1v) is 9.35. The number of nitrogens with one attached hydrogen (secondary N) is 2. The maximum Gasteiger partial charge on any atom is 0.246 e. The van der Waals surface area contributed by atoms with Crippen LogP contribution in [0, 0.1) is 5.41 Å². The molecule has 0 saturated heterocycles. The number of ether oxygens (including phenoxy) is 1. The van der Waals surface area contributed by atoms with E-state index in [-0.39, 0.29) is 17.2 Å². The summed E-state index contributed by atoms with van der Waals surface area (Å²) in [7, 11) is 1.51. The van der Waals surface area contributed by atoms with Crippen molar-refractivity contribution in [2.24, 2.45) is 11.1 Å². The normalized spacial score (nSPS) is 14.9. The average molecular weight is 376 g/mol. The molecule has 1 unspecified atom stereocenters. The zero-order chi connectivity index (χ0) is 20.3. The minimum Gasteiger partial charge on any atom is -0.383 e. The Balaban J connectivity index is 0.000000274. The fourth-order valence-corrected chi connectivity index (χ4v) is 2.50. The molecule has 6 nitrogen and oxygen atoms in total. The molecule has 1 aliphatic heterocycles. The van der Waals surface area contributed by atoms with Gasteiger partial charge in [-0.05, 0) is 36.8 Å². The molecule has 0 saturated carbocycles. The van der Waals surface area contributed by atoms with Crippen molar-refractivity contribution in [2.45, 2.75) is 52.6 Å². The summed E-state index contributed by atoms with van der Waals surface area (Å²) < 4.78 is 4.96. The van der Waals surface area contributed by atoms with Crippen LogP contribution in [0.4, 0.5) is 11.4 Å². The Labute approximate surface area is 162 Å². The van der Waals surface area contributed by atoms with Crippen LogP contribution in [-0.4, -0.2) is 31.6 Å². The number of anilines is 2. The molecule has 2 amide bonds. The molecule has 4 N–H and O–H groups in total. The van der Waals surface area contributed by atoms with Crippen LogP contribution in [0.3, 0.4) is 0 Å². The first-order valence-electron chi connectivity index (χ1n) is 9.35. The molecule has 150 valence electrons. The van der Waals surface area contributed by atoms with E-state index in [4.69, 9.17) is 10.5 Å². The zero-order valence-electron chi connectivity index (χ0n) is 16.9. The van der Waals surface area contributed by atoms with E-state index < -0.39 is 6.10 Å². The molecular weight excluding hydrogens is 342 g/mol. The lowest BCUT2D eigenvalue weighted by atomic mass is 9.95. The van der Waals surface area contributed by atoms with E-state index in [1.54, 1.807) is 0 Å². The average Bonchev–Trinajstić information content (AvgIpc) is 2.78. The van der Waals surface area contributed by atoms with Gasteiger partial charge in [0.05, 0.1) is 11.4 Å². The van der Waals surface area contributed by atoms with Crippen molar-refractivity contribution < 1.29 is 14.3 Å². The summed E-state index contributed by atoms with van der Waals surface area (Å²) in [6.07, 6.45) is 7.01. The zero-order valence-corrected chi connectivity index (χ0v) is 16.9. The number of carbonyl (C=O) groups is 2. The Morgan fingerprint density at radius 1 is 1.30 bits per heavy atom. The second-order valence-corrected chi connectivity index (χ2v) is 7.60. The third-order valence-electron chi connectivity index (χ3n) is 3.93. The number of amides is 2. The van der Waals surface area contributed by atoms with Gasteiger partial charge in [-0.3, -0.25) is 9.59 Å². The Morgan fingerprint density at radius 2 is 1.96 bits per heavy atom. The second-order valence-electron chi connectivity index (χ2n) is 7.60. The molecular formula is C21H33N3O3. The van der Waals surface area contributed by atoms with Gasteiger partial charge in [-0.2, -0.15) is 0 Å². The molecule has 0 spiro atoms. The van der Waals surface area contributed by atoms with E-state index >= 15 is 0 Å². The third kappa shape index (κ3) is 9.80. The van der Waals surface area contributed by atoms with Gasteiger partial charge in [-0.25, -0.2) is 0 Å². The molecule has 0 bridgehead atoms. The van der Waals surface area contributed by atoms with Crippen LogP contribution in [0.25, 0.3) is 0 Å². The van der Waals surface area contributed by atoms with Crippen molar-refractivity contribution in [1.82, 2.24) is 0 Å². The molecule has 1 aromatic rings. The Bertz CT molecular complexity index is 636. The number of methoxy groups -OCH3 is 1. The highest BCUT2D eigenvalue weighted by atomic mass is 16.5. The molecule has 1 aromatic carbocycles. The minimum absolute atomic E-state index is 0.0763. The fraction of sp³-hybridized carbons (Fsp3) is 0.524. The number of benzene rings is 1. The summed E-state index contributed by atoms with van der Waals surface area (Å²) in [5.41, 5.74) is 7.25. The summed E-state index contributed by atoms with van der Waals surface area (Å²) in [4.78, 5) is 21.9. The number of rotatable bonds is 6. The van der Waals surface area contributed by atoms with Gasteiger partial charge in [0.2, 0.25) is 11.8 Å². The fourth-order valence-electron chi connectivity index (χ4n) is 2.50. The van der Waals surface area contributed by atoms with Crippen LogP contribution in [0.15, 0.2) is 36.4 Å². The molecule has 1 atom stereocenters. The van der Waals surface area contributed by atoms with Crippen molar-refractivity contribution in [3.63, 3.8) is 0 Å². The number of nitrogens with two attached hydrogens (primary N) is 1. The number of carbonyl (C=O) groups excluding carboxylic acids is 2. The van der Waals surface area contributed by atoms with Crippen LogP contribution >= 0.6 is 0 Å². The Morgan fingerprint density at radius 3 is 2.56 bits per heavy atom. The smallest absolute Gasteiger partial charge is 0.246 e. The van der Waals surface area contributed by atoms with Gasteiger partial charge >= 0.3 is 0 Å². The van der Waals surface area contributed by atoms with Gasteiger partial charge in [-0.15, -0.1) is 0 Å². The van der Waals surface area contributed by atoms with E-state index in [1.165, 1.54) is 7.11 Å². The number of unbranched alkanes of at least 4 members (excludes halogenated alkanes) is 1. The van der Waals surface area contributed by atoms with Gasteiger partial charge in [0.15, 0.2) is 0 Å². The van der Waals surface area contributed by atoms with E-state index in [0.29, 0.717) is 19.4 Å². The summed E-state index contributed by atoms with van der Waals surface area (Å²) >= 11 is 0. The van der Waals surface area contributed by atoms with Gasteiger partial charge in [0.25, 0.3) is 0 Å². The Kier molecular flexibility index (Phi) is 9.58. The van der Waals surface area contributed by atoms with Gasteiger partial charge in [-0.1, -0.05) is 45.1 Å². The van der Waals surface area contributed by atoms with Crippen molar-refractivity contribution in [1.29, 1.82) is 0 Å². The molecule has 0 aliphatic carbocycles. The summed E-state index contributed by atoms with van der Waals surface area (Å²) in [6, 6.07) is 7.71. The van der Waals surface area contributed by atoms with Crippen LogP contribution in [0.1, 0.15) is 46.5 Å². The second kappa shape index (κ2) is 11.4. The summed E-state index contributed by atoms with van der Waals surface area (Å²) in [5, 5.41) is 5.99. The topological polar surface area (TPSA) is 93.5 Å². The monoisotopic (exact) mass is 375 g/mol. The first kappa shape index (κ1) is 22.7. The number of primary amides is 1. The van der Waals surface area contributed by atoms with Gasteiger partial charge < -0.3 is 21.1 Å². The molecule has 0 fully saturated rings. The van der Waals surface area contributed by atoms with Crippen molar-refractivity contribution >= 4 is 23.2 Å². The number of hydrogen-bond donors (Lipinski definition) is 3. The predicted octanol–water partition coefficient (Wildman–Crippen LogP) is 3.70. The lowest BCUT2D eigenvalue weighted by Gasteiger charge is -2.12. The van der Waals surface area contributed by atoms with E-state index in [2.05, 4.69) is 43.6 Å². The van der Waals surface area contributed by atoms with Gasteiger partial charge in [0.1, 0.15) is 6.10 Å². The molecule has 27 heavy (non-hydrogen) atoms. The first-order chi connectivity index (χ1) is 12.7. The third-order valence-corrected chi connectivity index (χ3v) is 3.93. The Hall–Kier alpha value is -2.34. The highest BCUT2D eigenvalue weighted by Gasteiger charge is 2.12. The van der Waals surface area contributed by atoms with E-state index in [0.717, 1.165) is 24.2 Å². The highest BCUT2D eigenvalue weighted by molar-refractivity contribution is 5.95. The van der Waals surface area contributed by atoms with E-state index in [1.807, 2.05) is 24.3 Å². The highest BCUT2D eigenvalue weighted by Crippen LogP contribution is 2.22. The lowest BCUT2D eigenvalue weighted by Crippen LogP contribution is -2.29. The van der Waals surface area contributed by atoms with Crippen molar-refractivity contribution in [2.75, 3.05) is 24.3 Å². The molecule has 2 rings (SSSR count). The number of hydrogen-bond acceptors (Lipinski definition) is 4. The SMILES string of the molecule is COC(CCC/C=C/C(C)(C)C)C(N)=O.O=C1CCNc2ccccc2N1. The van der Waals surface area contributed by atoms with Gasteiger partial charge in [0, 0.05) is 20.1 Å². The van der Waals surface area contributed by atoms with Crippen molar-refractivity contribution in [3.8, 4) is 0 Å². The van der Waals surface area contributed by atoms with E-state index in [9.17, 15) is 9.59 Å². The standard InChI is InChI=1S/C12H23NO2.C9H10N2O/c1-12(2,3)9-7-5-6-8-10(15-4)11(13)14;12-9-5-6-10-7-3-1-2-4-8(7)11-9/h7,9-10H,5-6,8H2,1-4H3,(H2,13,14);1-4,10H,5-6H2,(H,11,12)/b9-7+;. The maximum absolute atomic E-state index is 11.1. The van der Waals surface area contributed by atoms with Crippen LogP contribution in [-0.2, 0) is 14.3 Å². The van der Waals surface area contributed by atoms with Crippen LogP contribution in [0.2, 0.25) is 0 Å². The maximum atomic E-state index is 11.1. The molecule has 6 heteroatoms. The predicted molar refractivity (Wildman–Crippen MR) is 111 cm³/mol. The summed E-state index contributed by atoms with van der Waals surface area (Å²) in [6.45, 7) is 7.18. The molecule has 0 aromatic heterocycles. The quantitative estimate of drug-likeness (QED) is 0.522. The number of allylic oxidation sites excluding steroid dienone is 2. The molecule has 0 radical (unpaired) electrons. The van der Waals surface area contributed by atoms with Crippen LogP contribution in [0.5, 0.6) is 0 Å². The largest absolute Gasteiger partial charge is 0.383 e. The van der Waals surface area contributed by atoms with Crippen molar-refractivity contribution in [3.05, 3.63) is 36.4 Å². The summed E-state index contributed by atoms with van der Waals surface area (Å²) in [5.74, 6) is -0.301.